The van der Waals surface area contributed by atoms with Crippen LogP contribution >= 0.6 is 0 Å². The molecule has 0 aromatic carbocycles. The number of nitrogens with zero attached hydrogens (tertiary/aromatic N) is 6. The van der Waals surface area contributed by atoms with Gasteiger partial charge in [0.05, 0.1) is 12.2 Å². The highest BCUT2D eigenvalue weighted by atomic mass is 15.3. The second kappa shape index (κ2) is 7.31. The third-order valence-electron chi connectivity index (χ3n) is 2.99. The molecule has 0 spiro atoms. The van der Waals surface area contributed by atoms with Gasteiger partial charge in [-0.1, -0.05) is 6.07 Å². The Balaban J connectivity index is 2.16. The van der Waals surface area contributed by atoms with Crippen molar-refractivity contribution in [1.82, 2.24) is 20.1 Å². The highest BCUT2D eigenvalue weighted by Crippen LogP contribution is 2.12. The lowest BCUT2D eigenvalue weighted by atomic mass is 10.3. The predicted molar refractivity (Wildman–Crippen MR) is 80.6 cm³/mol. The molecule has 0 fully saturated rings. The molecule has 0 bridgehead atoms. The number of aromatic nitrogens is 3. The maximum Gasteiger partial charge on any atom is 0.163 e. The van der Waals surface area contributed by atoms with Crippen LogP contribution in [0.4, 0.5) is 5.82 Å². The summed E-state index contributed by atoms with van der Waals surface area (Å²) < 4.78 is 0. The highest BCUT2D eigenvalue weighted by Gasteiger charge is 2.10. The average molecular weight is 282 g/mol. The van der Waals surface area contributed by atoms with Crippen molar-refractivity contribution in [3.63, 3.8) is 0 Å². The molecule has 0 saturated heterocycles. The molecule has 108 valence electrons. The Bertz CT molecular complexity index is 588. The summed E-state index contributed by atoms with van der Waals surface area (Å²) in [6, 6.07) is 11.3. The fraction of sp³-hybridized carbons (Fsp3) is 0.333. The SMILES string of the molecule is CN(C)CCN(Cc1ccccn1)c1ccc(C#N)nn1. The Morgan fingerprint density at radius 2 is 1.95 bits per heavy atom. The van der Waals surface area contributed by atoms with Crippen LogP contribution in [0.1, 0.15) is 11.4 Å². The molecule has 0 N–H and O–H groups in total. The van der Waals surface area contributed by atoms with Gasteiger partial charge in [-0.25, -0.2) is 0 Å². The summed E-state index contributed by atoms with van der Waals surface area (Å²) in [5, 5.41) is 16.8. The van der Waals surface area contributed by atoms with Crippen LogP contribution < -0.4 is 4.90 Å². The molecule has 6 heteroatoms. The van der Waals surface area contributed by atoms with E-state index in [0.29, 0.717) is 12.2 Å². The molecule has 2 aromatic heterocycles. The summed E-state index contributed by atoms with van der Waals surface area (Å²) in [5.74, 6) is 0.751. The normalized spacial score (nSPS) is 10.4. The van der Waals surface area contributed by atoms with Crippen molar-refractivity contribution >= 4 is 5.82 Å². The van der Waals surface area contributed by atoms with Crippen LogP contribution in [0.15, 0.2) is 36.5 Å². The summed E-state index contributed by atoms with van der Waals surface area (Å²) in [4.78, 5) is 8.57. The smallest absolute Gasteiger partial charge is 0.163 e. The van der Waals surface area contributed by atoms with Crippen LogP contribution in [0.3, 0.4) is 0 Å². The molecular formula is C15H18N6. The van der Waals surface area contributed by atoms with Gasteiger partial charge < -0.3 is 9.80 Å². The van der Waals surface area contributed by atoms with Gasteiger partial charge in [-0.15, -0.1) is 10.2 Å². The van der Waals surface area contributed by atoms with Gasteiger partial charge >= 0.3 is 0 Å². The van der Waals surface area contributed by atoms with Gasteiger partial charge in [0.25, 0.3) is 0 Å². The van der Waals surface area contributed by atoms with Crippen molar-refractivity contribution in [2.45, 2.75) is 6.54 Å². The zero-order valence-corrected chi connectivity index (χ0v) is 12.3. The van der Waals surface area contributed by atoms with E-state index in [2.05, 4.69) is 25.0 Å². The quantitative estimate of drug-likeness (QED) is 0.795. The van der Waals surface area contributed by atoms with Crippen LogP contribution in [0.2, 0.25) is 0 Å². The minimum Gasteiger partial charge on any atom is -0.348 e. The lowest BCUT2D eigenvalue weighted by Crippen LogP contribution is -2.32. The van der Waals surface area contributed by atoms with Crippen molar-refractivity contribution in [3.05, 3.63) is 47.9 Å². The molecule has 0 aliphatic heterocycles. The Morgan fingerprint density at radius 3 is 2.52 bits per heavy atom. The minimum absolute atomic E-state index is 0.323. The molecule has 0 aliphatic rings. The van der Waals surface area contributed by atoms with Crippen LogP contribution in [-0.4, -0.2) is 47.3 Å². The molecule has 0 radical (unpaired) electrons. The number of rotatable bonds is 6. The molecular weight excluding hydrogens is 264 g/mol. The summed E-state index contributed by atoms with van der Waals surface area (Å²) in [5.41, 5.74) is 1.30. The maximum atomic E-state index is 8.80. The molecule has 6 nitrogen and oxygen atoms in total. The van der Waals surface area contributed by atoms with Crippen molar-refractivity contribution in [2.24, 2.45) is 0 Å². The van der Waals surface area contributed by atoms with E-state index in [-0.39, 0.29) is 0 Å². The van der Waals surface area contributed by atoms with Gasteiger partial charge in [0, 0.05) is 19.3 Å². The van der Waals surface area contributed by atoms with Gasteiger partial charge in [0.15, 0.2) is 11.5 Å². The second-order valence-corrected chi connectivity index (χ2v) is 4.93. The Morgan fingerprint density at radius 1 is 1.10 bits per heavy atom. The van der Waals surface area contributed by atoms with E-state index in [9.17, 15) is 0 Å². The van der Waals surface area contributed by atoms with Crippen molar-refractivity contribution in [3.8, 4) is 6.07 Å². The molecule has 0 saturated carbocycles. The topological polar surface area (TPSA) is 68.9 Å². The number of hydrogen-bond donors (Lipinski definition) is 0. The first-order valence-electron chi connectivity index (χ1n) is 6.72. The fourth-order valence-electron chi connectivity index (χ4n) is 1.84. The zero-order chi connectivity index (χ0) is 15.1. The van der Waals surface area contributed by atoms with Crippen LogP contribution in [0.25, 0.3) is 0 Å². The number of hydrogen-bond acceptors (Lipinski definition) is 6. The molecule has 21 heavy (non-hydrogen) atoms. The Kier molecular flexibility index (Phi) is 5.18. The van der Waals surface area contributed by atoms with Gasteiger partial charge in [-0.05, 0) is 38.4 Å². The van der Waals surface area contributed by atoms with Crippen molar-refractivity contribution in [1.29, 1.82) is 5.26 Å². The summed E-state index contributed by atoms with van der Waals surface area (Å²) in [6.45, 7) is 2.37. The van der Waals surface area contributed by atoms with Crippen LogP contribution in [0.5, 0.6) is 0 Å². The lowest BCUT2D eigenvalue weighted by molar-refractivity contribution is 0.411. The molecule has 0 unspecified atom stereocenters. The van der Waals surface area contributed by atoms with E-state index in [4.69, 9.17) is 5.26 Å². The molecule has 2 heterocycles. The summed E-state index contributed by atoms with van der Waals surface area (Å²) in [6.07, 6.45) is 1.78. The predicted octanol–water partition coefficient (Wildman–Crippen LogP) is 1.31. The van der Waals surface area contributed by atoms with Gasteiger partial charge in [-0.2, -0.15) is 5.26 Å². The first-order chi connectivity index (χ1) is 10.2. The van der Waals surface area contributed by atoms with Crippen molar-refractivity contribution in [2.75, 3.05) is 32.1 Å². The number of pyridine rings is 1. The Labute approximate surface area is 124 Å². The van der Waals surface area contributed by atoms with Gasteiger partial charge in [0.2, 0.25) is 0 Å². The van der Waals surface area contributed by atoms with Crippen LogP contribution in [0, 0.1) is 11.3 Å². The first-order valence-corrected chi connectivity index (χ1v) is 6.72. The third-order valence-corrected chi connectivity index (χ3v) is 2.99. The molecule has 2 aromatic rings. The molecule has 0 amide bonds. The largest absolute Gasteiger partial charge is 0.348 e. The molecule has 0 aliphatic carbocycles. The number of likely N-dealkylation sites (N-methyl/N-ethyl adjacent to an activating group) is 1. The van der Waals surface area contributed by atoms with Crippen molar-refractivity contribution < 1.29 is 0 Å². The van der Waals surface area contributed by atoms with Crippen LogP contribution in [-0.2, 0) is 6.54 Å². The Hall–Kier alpha value is -2.52. The van der Waals surface area contributed by atoms with E-state index >= 15 is 0 Å². The number of anilines is 1. The van der Waals surface area contributed by atoms with Gasteiger partial charge in [0.1, 0.15) is 6.07 Å². The second-order valence-electron chi connectivity index (χ2n) is 4.93. The summed E-state index contributed by atoms with van der Waals surface area (Å²) >= 11 is 0. The van der Waals surface area contributed by atoms with E-state index < -0.39 is 0 Å². The van der Waals surface area contributed by atoms with E-state index in [1.54, 1.807) is 12.3 Å². The van der Waals surface area contributed by atoms with E-state index in [0.717, 1.165) is 24.6 Å². The van der Waals surface area contributed by atoms with E-state index in [1.165, 1.54) is 0 Å². The van der Waals surface area contributed by atoms with Gasteiger partial charge in [-0.3, -0.25) is 4.98 Å². The standard InChI is InChI=1S/C15H18N6/c1-20(2)9-10-21(12-14-5-3-4-8-17-14)15-7-6-13(11-16)18-19-15/h3-8H,9-10,12H2,1-2H3. The first kappa shape index (κ1) is 14.9. The minimum atomic E-state index is 0.323. The molecule has 0 atom stereocenters. The average Bonchev–Trinajstić information content (AvgIpc) is 2.52. The maximum absolute atomic E-state index is 8.80. The monoisotopic (exact) mass is 282 g/mol. The zero-order valence-electron chi connectivity index (χ0n) is 12.3. The third kappa shape index (κ3) is 4.51. The lowest BCUT2D eigenvalue weighted by Gasteiger charge is -2.24. The highest BCUT2D eigenvalue weighted by molar-refractivity contribution is 5.39. The molecule has 2 rings (SSSR count). The summed E-state index contributed by atoms with van der Waals surface area (Å²) in [7, 11) is 4.06. The fourth-order valence-corrected chi connectivity index (χ4v) is 1.84. The van der Waals surface area contributed by atoms with E-state index in [1.807, 2.05) is 44.4 Å². The number of nitriles is 1.